The Morgan fingerprint density at radius 3 is 2.53 bits per heavy atom. The fraction of sp³-hybridized carbons (Fsp3) is 0.458. The van der Waals surface area contributed by atoms with Crippen LogP contribution in [-0.4, -0.2) is 79.5 Å². The van der Waals surface area contributed by atoms with E-state index in [0.29, 0.717) is 12.2 Å². The zero-order chi connectivity index (χ0) is 22.3. The fourth-order valence-electron chi connectivity index (χ4n) is 4.33. The number of pyridine rings is 1. The first-order chi connectivity index (χ1) is 15.6. The number of nitrogens with one attached hydrogen (secondary N) is 2. The van der Waals surface area contributed by atoms with Crippen molar-refractivity contribution in [3.05, 3.63) is 53.9 Å². The van der Waals surface area contributed by atoms with Gasteiger partial charge in [-0.25, -0.2) is 0 Å². The summed E-state index contributed by atoms with van der Waals surface area (Å²) in [5.74, 6) is -1.19. The standard InChI is InChI=1S/C24H32N6O2/c1-28-12-7-19-3-4-21(17-20(19)18-28)27-24(32)23(31)26-8-2-11-29-13-15-30(16-14-29)22-5-9-25-10-6-22/h3-6,9-10,17H,2,7-8,11-16,18H2,1H3,(H,26,31)(H,27,32). The minimum absolute atomic E-state index is 0.492. The highest BCUT2D eigenvalue weighted by Gasteiger charge is 2.18. The second-order valence-electron chi connectivity index (χ2n) is 8.57. The Hall–Kier alpha value is -2.97. The van der Waals surface area contributed by atoms with Gasteiger partial charge in [0.1, 0.15) is 0 Å². The SMILES string of the molecule is CN1CCc2ccc(NC(=O)C(=O)NCCCN3CCN(c4ccncc4)CC3)cc2C1. The third-order valence-corrected chi connectivity index (χ3v) is 6.21. The average molecular weight is 437 g/mol. The molecule has 8 nitrogen and oxygen atoms in total. The number of hydrogen-bond donors (Lipinski definition) is 2. The lowest BCUT2D eigenvalue weighted by atomic mass is 9.99. The lowest BCUT2D eigenvalue weighted by Crippen LogP contribution is -2.47. The van der Waals surface area contributed by atoms with Gasteiger partial charge in [0, 0.05) is 69.6 Å². The molecule has 0 spiro atoms. The summed E-state index contributed by atoms with van der Waals surface area (Å²) in [5, 5.41) is 5.47. The van der Waals surface area contributed by atoms with Crippen molar-refractivity contribution in [3.8, 4) is 0 Å². The third kappa shape index (κ3) is 5.83. The summed E-state index contributed by atoms with van der Waals surface area (Å²) in [6.07, 6.45) is 5.48. The van der Waals surface area contributed by atoms with Crippen molar-refractivity contribution in [2.24, 2.45) is 0 Å². The second-order valence-corrected chi connectivity index (χ2v) is 8.57. The van der Waals surface area contributed by atoms with Gasteiger partial charge in [-0.1, -0.05) is 6.07 Å². The van der Waals surface area contributed by atoms with Crippen LogP contribution in [0.5, 0.6) is 0 Å². The normalized spacial score (nSPS) is 17.0. The van der Waals surface area contributed by atoms with Gasteiger partial charge in [0.2, 0.25) is 0 Å². The van der Waals surface area contributed by atoms with Gasteiger partial charge in [-0.05, 0) is 61.8 Å². The van der Waals surface area contributed by atoms with Crippen LogP contribution in [0.15, 0.2) is 42.7 Å². The summed E-state index contributed by atoms with van der Waals surface area (Å²) in [4.78, 5) is 35.5. The number of benzene rings is 1. The smallest absolute Gasteiger partial charge is 0.313 e. The molecule has 1 saturated heterocycles. The summed E-state index contributed by atoms with van der Waals surface area (Å²) < 4.78 is 0. The first-order valence-electron chi connectivity index (χ1n) is 11.4. The summed E-state index contributed by atoms with van der Waals surface area (Å²) in [6.45, 7) is 7.25. The molecule has 0 bridgehead atoms. The Labute approximate surface area is 189 Å². The van der Waals surface area contributed by atoms with Gasteiger partial charge in [-0.3, -0.25) is 19.5 Å². The minimum Gasteiger partial charge on any atom is -0.369 e. The molecule has 0 radical (unpaired) electrons. The Kier molecular flexibility index (Phi) is 7.34. The maximum absolute atomic E-state index is 12.3. The lowest BCUT2D eigenvalue weighted by Gasteiger charge is -2.36. The number of hydrogen-bond acceptors (Lipinski definition) is 6. The fourth-order valence-corrected chi connectivity index (χ4v) is 4.33. The predicted octanol–water partition coefficient (Wildman–Crippen LogP) is 1.34. The highest BCUT2D eigenvalue weighted by atomic mass is 16.2. The highest BCUT2D eigenvalue weighted by Crippen LogP contribution is 2.22. The average Bonchev–Trinajstić information content (AvgIpc) is 2.82. The van der Waals surface area contributed by atoms with Crippen LogP contribution in [0, 0.1) is 0 Å². The monoisotopic (exact) mass is 436 g/mol. The zero-order valence-corrected chi connectivity index (χ0v) is 18.7. The largest absolute Gasteiger partial charge is 0.369 e. The molecule has 2 aliphatic heterocycles. The summed E-state index contributed by atoms with van der Waals surface area (Å²) >= 11 is 0. The molecule has 0 atom stereocenters. The molecule has 0 unspecified atom stereocenters. The van der Waals surface area contributed by atoms with E-state index in [-0.39, 0.29) is 0 Å². The third-order valence-electron chi connectivity index (χ3n) is 6.21. The molecule has 170 valence electrons. The molecule has 0 aliphatic carbocycles. The van der Waals surface area contributed by atoms with E-state index in [1.54, 1.807) is 0 Å². The predicted molar refractivity (Wildman–Crippen MR) is 126 cm³/mol. The molecule has 1 fully saturated rings. The molecular formula is C24H32N6O2. The number of amides is 2. The van der Waals surface area contributed by atoms with Crippen LogP contribution in [-0.2, 0) is 22.6 Å². The van der Waals surface area contributed by atoms with Crippen LogP contribution in [0.2, 0.25) is 0 Å². The van der Waals surface area contributed by atoms with Crippen molar-refractivity contribution in [2.75, 3.05) is 63.1 Å². The number of nitrogens with zero attached hydrogens (tertiary/aromatic N) is 4. The molecule has 2 aromatic rings. The first-order valence-corrected chi connectivity index (χ1v) is 11.4. The lowest BCUT2D eigenvalue weighted by molar-refractivity contribution is -0.136. The number of aromatic nitrogens is 1. The van der Waals surface area contributed by atoms with Gasteiger partial charge in [0.15, 0.2) is 0 Å². The van der Waals surface area contributed by atoms with Crippen LogP contribution in [0.25, 0.3) is 0 Å². The molecule has 2 amide bonds. The van der Waals surface area contributed by atoms with E-state index in [4.69, 9.17) is 0 Å². The molecule has 8 heteroatoms. The molecule has 0 saturated carbocycles. The number of fused-ring (bicyclic) bond motifs is 1. The van der Waals surface area contributed by atoms with Crippen molar-refractivity contribution >= 4 is 23.2 Å². The zero-order valence-electron chi connectivity index (χ0n) is 18.7. The van der Waals surface area contributed by atoms with Gasteiger partial charge in [0.25, 0.3) is 0 Å². The van der Waals surface area contributed by atoms with Gasteiger partial charge in [-0.15, -0.1) is 0 Å². The second kappa shape index (κ2) is 10.6. The van der Waals surface area contributed by atoms with E-state index in [2.05, 4.69) is 37.4 Å². The van der Waals surface area contributed by atoms with Gasteiger partial charge >= 0.3 is 11.8 Å². The van der Waals surface area contributed by atoms with Crippen LogP contribution in [0.4, 0.5) is 11.4 Å². The van der Waals surface area contributed by atoms with Crippen LogP contribution >= 0.6 is 0 Å². The van der Waals surface area contributed by atoms with E-state index >= 15 is 0 Å². The van der Waals surface area contributed by atoms with E-state index in [1.807, 2.05) is 42.7 Å². The van der Waals surface area contributed by atoms with Crippen molar-refractivity contribution in [1.29, 1.82) is 0 Å². The molecular weight excluding hydrogens is 404 g/mol. The quantitative estimate of drug-likeness (QED) is 0.526. The number of piperazine rings is 1. The van der Waals surface area contributed by atoms with Gasteiger partial charge in [0.05, 0.1) is 0 Å². The van der Waals surface area contributed by atoms with E-state index in [1.165, 1.54) is 16.8 Å². The Morgan fingerprint density at radius 1 is 0.969 bits per heavy atom. The summed E-state index contributed by atoms with van der Waals surface area (Å²) in [7, 11) is 2.09. The molecule has 32 heavy (non-hydrogen) atoms. The number of carbonyl (C=O) groups excluding carboxylic acids is 2. The Bertz CT molecular complexity index is 927. The van der Waals surface area contributed by atoms with E-state index in [9.17, 15) is 9.59 Å². The topological polar surface area (TPSA) is 80.8 Å². The maximum Gasteiger partial charge on any atom is 0.313 e. The van der Waals surface area contributed by atoms with E-state index in [0.717, 1.165) is 58.7 Å². The van der Waals surface area contributed by atoms with Crippen LogP contribution in [0.1, 0.15) is 17.5 Å². The summed E-state index contributed by atoms with van der Waals surface area (Å²) in [6, 6.07) is 9.98. The minimum atomic E-state index is -0.611. The van der Waals surface area contributed by atoms with Gasteiger partial charge < -0.3 is 20.4 Å². The molecule has 1 aromatic carbocycles. The van der Waals surface area contributed by atoms with Crippen molar-refractivity contribution < 1.29 is 9.59 Å². The first kappa shape index (κ1) is 22.2. The number of carbonyl (C=O) groups is 2. The van der Waals surface area contributed by atoms with Crippen LogP contribution < -0.4 is 15.5 Å². The van der Waals surface area contributed by atoms with Crippen molar-refractivity contribution in [3.63, 3.8) is 0 Å². The molecule has 4 rings (SSSR count). The highest BCUT2D eigenvalue weighted by molar-refractivity contribution is 6.39. The summed E-state index contributed by atoms with van der Waals surface area (Å²) in [5.41, 5.74) is 4.41. The molecule has 2 aliphatic rings. The molecule has 1 aromatic heterocycles. The number of anilines is 2. The molecule has 2 N–H and O–H groups in total. The molecule has 3 heterocycles. The number of rotatable bonds is 6. The maximum atomic E-state index is 12.3. The van der Waals surface area contributed by atoms with Crippen LogP contribution in [0.3, 0.4) is 0 Å². The van der Waals surface area contributed by atoms with Gasteiger partial charge in [-0.2, -0.15) is 0 Å². The Balaban J connectivity index is 1.14. The van der Waals surface area contributed by atoms with Crippen molar-refractivity contribution in [2.45, 2.75) is 19.4 Å². The van der Waals surface area contributed by atoms with E-state index < -0.39 is 11.8 Å². The number of likely N-dealkylation sites (N-methyl/N-ethyl adjacent to an activating group) is 1. The Morgan fingerprint density at radius 2 is 1.75 bits per heavy atom. The van der Waals surface area contributed by atoms with Crippen molar-refractivity contribution in [1.82, 2.24) is 20.1 Å².